The van der Waals surface area contributed by atoms with Crippen molar-refractivity contribution in [1.82, 2.24) is 10.2 Å². The van der Waals surface area contributed by atoms with Crippen LogP contribution in [0.1, 0.15) is 32.9 Å². The molecule has 1 fully saturated rings. The van der Waals surface area contributed by atoms with Crippen molar-refractivity contribution in [2.75, 3.05) is 19.6 Å². The van der Waals surface area contributed by atoms with Crippen molar-refractivity contribution in [3.8, 4) is 0 Å². The predicted molar refractivity (Wildman–Crippen MR) is 114 cm³/mol. The fourth-order valence-corrected chi connectivity index (χ4v) is 4.32. The van der Waals surface area contributed by atoms with Crippen molar-refractivity contribution in [3.63, 3.8) is 0 Å². The molecule has 1 aliphatic heterocycles. The second-order valence-corrected chi connectivity index (χ2v) is 8.26. The van der Waals surface area contributed by atoms with E-state index in [1.165, 1.54) is 11.3 Å². The van der Waals surface area contributed by atoms with E-state index in [1.807, 2.05) is 42.5 Å². The van der Waals surface area contributed by atoms with Crippen LogP contribution in [-0.2, 0) is 4.79 Å². The molecule has 0 saturated carbocycles. The van der Waals surface area contributed by atoms with Gasteiger partial charge < -0.3 is 10.2 Å². The topological polar surface area (TPSA) is 66.5 Å². The Balaban J connectivity index is 1.27. The summed E-state index contributed by atoms with van der Waals surface area (Å²) in [6.45, 7) is 1.67. The Morgan fingerprint density at radius 3 is 2.45 bits per heavy atom. The van der Waals surface area contributed by atoms with Gasteiger partial charge in [0, 0.05) is 25.2 Å². The van der Waals surface area contributed by atoms with E-state index < -0.39 is 11.7 Å². The number of ketones is 1. The Morgan fingerprint density at radius 1 is 0.966 bits per heavy atom. The number of hydrogen-bond acceptors (Lipinski definition) is 4. The van der Waals surface area contributed by atoms with Crippen LogP contribution in [0, 0.1) is 5.92 Å². The number of carbonyl (C=O) groups is 3. The summed E-state index contributed by atoms with van der Waals surface area (Å²) < 4.78 is 0. The van der Waals surface area contributed by atoms with Crippen molar-refractivity contribution < 1.29 is 14.4 Å². The molecule has 148 valence electrons. The van der Waals surface area contributed by atoms with E-state index in [9.17, 15) is 14.4 Å². The lowest BCUT2D eigenvalue weighted by Crippen LogP contribution is -2.44. The van der Waals surface area contributed by atoms with Crippen LogP contribution >= 0.6 is 11.3 Å². The van der Waals surface area contributed by atoms with E-state index in [0.29, 0.717) is 36.0 Å². The van der Waals surface area contributed by atoms with Gasteiger partial charge in [0.05, 0.1) is 4.88 Å². The maximum Gasteiger partial charge on any atom is 0.295 e. The van der Waals surface area contributed by atoms with Crippen LogP contribution in [-0.4, -0.2) is 42.1 Å². The zero-order valence-electron chi connectivity index (χ0n) is 16.0. The molecule has 1 aliphatic rings. The minimum Gasteiger partial charge on any atom is -0.352 e. The molecule has 0 radical (unpaired) electrons. The molecule has 6 heteroatoms. The first kappa shape index (κ1) is 19.3. The molecule has 2 amide bonds. The second kappa shape index (κ2) is 8.57. The number of fused-ring (bicyclic) bond motifs is 1. The van der Waals surface area contributed by atoms with E-state index in [4.69, 9.17) is 0 Å². The highest BCUT2D eigenvalue weighted by Gasteiger charge is 2.28. The zero-order valence-corrected chi connectivity index (χ0v) is 16.8. The first-order valence-electron chi connectivity index (χ1n) is 9.76. The van der Waals surface area contributed by atoms with Gasteiger partial charge in [-0.05, 0) is 53.1 Å². The SMILES string of the molecule is O=C(NCC1CCN(C(=O)C(=O)c2cccs2)CC1)c1ccc2ccccc2c1. The number of carbonyl (C=O) groups excluding carboxylic acids is 3. The molecule has 3 aromatic rings. The first-order valence-corrected chi connectivity index (χ1v) is 10.6. The van der Waals surface area contributed by atoms with Gasteiger partial charge in [0.25, 0.3) is 17.6 Å². The van der Waals surface area contributed by atoms with Gasteiger partial charge in [0.2, 0.25) is 0 Å². The Labute approximate surface area is 173 Å². The number of rotatable bonds is 5. The van der Waals surface area contributed by atoms with Gasteiger partial charge in [-0.2, -0.15) is 0 Å². The number of Topliss-reactive ketones (excluding diaryl/α,β-unsaturated/α-hetero) is 1. The molecule has 1 saturated heterocycles. The Hall–Kier alpha value is -2.99. The van der Waals surface area contributed by atoms with Gasteiger partial charge >= 0.3 is 0 Å². The Bertz CT molecular complexity index is 1040. The summed E-state index contributed by atoms with van der Waals surface area (Å²) in [6, 6.07) is 17.1. The molecular formula is C23H22N2O3S. The van der Waals surface area contributed by atoms with E-state index >= 15 is 0 Å². The smallest absolute Gasteiger partial charge is 0.295 e. The molecule has 0 aliphatic carbocycles. The number of nitrogens with zero attached hydrogens (tertiary/aromatic N) is 1. The fraction of sp³-hybridized carbons (Fsp3) is 0.261. The lowest BCUT2D eigenvalue weighted by atomic mass is 9.96. The minimum atomic E-state index is -0.428. The van der Waals surface area contributed by atoms with Gasteiger partial charge in [-0.15, -0.1) is 11.3 Å². The average Bonchev–Trinajstić information content (AvgIpc) is 3.31. The predicted octanol–water partition coefficient (Wildman–Crippen LogP) is 3.75. The molecular weight excluding hydrogens is 384 g/mol. The molecule has 2 heterocycles. The van der Waals surface area contributed by atoms with Gasteiger partial charge in [-0.3, -0.25) is 14.4 Å². The third-order valence-electron chi connectivity index (χ3n) is 5.40. The van der Waals surface area contributed by atoms with Crippen LogP contribution in [0.5, 0.6) is 0 Å². The molecule has 0 bridgehead atoms. The maximum absolute atomic E-state index is 12.5. The van der Waals surface area contributed by atoms with Crippen LogP contribution < -0.4 is 5.32 Å². The van der Waals surface area contributed by atoms with Gasteiger partial charge in [0.15, 0.2) is 0 Å². The molecule has 0 unspecified atom stereocenters. The summed E-state index contributed by atoms with van der Waals surface area (Å²) in [7, 11) is 0. The second-order valence-electron chi connectivity index (χ2n) is 7.31. The van der Waals surface area contributed by atoms with E-state index in [2.05, 4.69) is 5.32 Å². The third kappa shape index (κ3) is 4.38. The largest absolute Gasteiger partial charge is 0.352 e. The van der Waals surface area contributed by atoms with Gasteiger partial charge in [-0.1, -0.05) is 36.4 Å². The fourth-order valence-electron chi connectivity index (χ4n) is 3.67. The summed E-state index contributed by atoms with van der Waals surface area (Å²) in [6.07, 6.45) is 1.56. The summed E-state index contributed by atoms with van der Waals surface area (Å²) in [4.78, 5) is 39.2. The van der Waals surface area contributed by atoms with Crippen LogP contribution in [0.15, 0.2) is 60.0 Å². The van der Waals surface area contributed by atoms with Crippen molar-refractivity contribution in [3.05, 3.63) is 70.4 Å². The van der Waals surface area contributed by atoms with Gasteiger partial charge in [-0.25, -0.2) is 0 Å². The number of hydrogen-bond donors (Lipinski definition) is 1. The zero-order chi connectivity index (χ0) is 20.2. The average molecular weight is 407 g/mol. The quantitative estimate of drug-likeness (QED) is 0.518. The highest BCUT2D eigenvalue weighted by Crippen LogP contribution is 2.19. The molecule has 1 N–H and O–H groups in total. The monoisotopic (exact) mass is 406 g/mol. The number of likely N-dealkylation sites (tertiary alicyclic amines) is 1. The van der Waals surface area contributed by atoms with Gasteiger partial charge in [0.1, 0.15) is 0 Å². The summed E-state index contributed by atoms with van der Waals surface area (Å²) in [5.74, 6) is -0.628. The lowest BCUT2D eigenvalue weighted by Gasteiger charge is -2.31. The van der Waals surface area contributed by atoms with Crippen LogP contribution in [0.3, 0.4) is 0 Å². The van der Waals surface area contributed by atoms with E-state index in [-0.39, 0.29) is 5.91 Å². The minimum absolute atomic E-state index is 0.0814. The Morgan fingerprint density at radius 2 is 1.72 bits per heavy atom. The number of amides is 2. The molecule has 0 spiro atoms. The summed E-state index contributed by atoms with van der Waals surface area (Å²) >= 11 is 1.29. The van der Waals surface area contributed by atoms with E-state index in [0.717, 1.165) is 23.6 Å². The third-order valence-corrected chi connectivity index (χ3v) is 6.27. The highest BCUT2D eigenvalue weighted by atomic mass is 32.1. The van der Waals surface area contributed by atoms with Crippen molar-refractivity contribution in [2.45, 2.75) is 12.8 Å². The molecule has 1 aromatic heterocycles. The normalized spacial score (nSPS) is 14.7. The van der Waals surface area contributed by atoms with Crippen LogP contribution in [0.4, 0.5) is 0 Å². The van der Waals surface area contributed by atoms with Crippen LogP contribution in [0.25, 0.3) is 10.8 Å². The molecule has 5 nitrogen and oxygen atoms in total. The summed E-state index contributed by atoms with van der Waals surface area (Å²) in [5.41, 5.74) is 0.651. The number of benzene rings is 2. The highest BCUT2D eigenvalue weighted by molar-refractivity contribution is 7.13. The molecule has 4 rings (SSSR count). The summed E-state index contributed by atoms with van der Waals surface area (Å²) in [5, 5.41) is 6.96. The first-order chi connectivity index (χ1) is 14.1. The van der Waals surface area contributed by atoms with Crippen molar-refractivity contribution >= 4 is 39.7 Å². The number of nitrogens with one attached hydrogen (secondary N) is 1. The van der Waals surface area contributed by atoms with E-state index in [1.54, 1.807) is 22.4 Å². The van der Waals surface area contributed by atoms with Crippen molar-refractivity contribution in [1.29, 1.82) is 0 Å². The Kier molecular flexibility index (Phi) is 5.71. The maximum atomic E-state index is 12.5. The molecule has 2 aromatic carbocycles. The van der Waals surface area contributed by atoms with Crippen LogP contribution in [0.2, 0.25) is 0 Å². The molecule has 0 atom stereocenters. The standard InChI is InChI=1S/C23H22N2O3S/c26-21(20-6-3-13-29-20)23(28)25-11-9-16(10-12-25)15-24-22(27)19-8-7-17-4-1-2-5-18(17)14-19/h1-8,13-14,16H,9-12,15H2,(H,24,27). The lowest BCUT2D eigenvalue weighted by molar-refractivity contribution is -0.127. The number of thiophene rings is 1. The van der Waals surface area contributed by atoms with Crippen molar-refractivity contribution in [2.24, 2.45) is 5.92 Å². The molecule has 29 heavy (non-hydrogen) atoms. The number of piperidine rings is 1.